The van der Waals surface area contributed by atoms with E-state index in [1.807, 2.05) is 43.3 Å². The lowest BCUT2D eigenvalue weighted by molar-refractivity contribution is -0.144. The van der Waals surface area contributed by atoms with Gasteiger partial charge in [0.2, 0.25) is 35.4 Å². The van der Waals surface area contributed by atoms with E-state index >= 15 is 0 Å². The number of nitrogens with zero attached hydrogens (tertiary/aromatic N) is 2. The molecular weight excluding hydrogens is 961 g/mol. The van der Waals surface area contributed by atoms with Crippen molar-refractivity contribution in [2.24, 2.45) is 34.2 Å². The third kappa shape index (κ3) is 20.2. The number of aliphatic carboxylic acids is 2. The maximum Gasteiger partial charge on any atom is 0.326 e. The van der Waals surface area contributed by atoms with Gasteiger partial charge in [-0.25, -0.2) is 9.59 Å². The minimum atomic E-state index is -1.90. The summed E-state index contributed by atoms with van der Waals surface area (Å²) >= 11 is 0. The Bertz CT molecular complexity index is 2300. The van der Waals surface area contributed by atoms with Crippen LogP contribution >= 0.6 is 0 Å². The molecule has 23 nitrogen and oxygen atoms in total. The Labute approximate surface area is 431 Å². The number of allylic oxidation sites excluding steroid dienone is 3. The second kappa shape index (κ2) is 30.0. The molecule has 1 aromatic carbocycles. The SMILES string of the molecule is C=C1C(=O)N[C@H](C)C(=O)N[C@@H](C[C@H]2C=C[C@H](O)CC2)C(=O)N[C@@H](C(=O)O)CC(=O)N[C@@H](CCCN=C(N)N)C(=O)N[C@@H](/C=C/C(C)=C/[C@H](C)[C@H](Cc2ccccc2)OC)[C@H](C)C(=O)N[C@@H](C(=O)O)CCC(=O)N1C. The van der Waals surface area contributed by atoms with Gasteiger partial charge in [-0.05, 0) is 70.3 Å². The Morgan fingerprint density at radius 2 is 1.51 bits per heavy atom. The number of aliphatic imine (C=N–C) groups is 1. The van der Waals surface area contributed by atoms with Crippen LogP contribution in [-0.4, -0.2) is 149 Å². The summed E-state index contributed by atoms with van der Waals surface area (Å²) in [7, 11) is 2.81. The lowest BCUT2D eigenvalue weighted by Gasteiger charge is -2.28. The first kappa shape index (κ1) is 60.9. The molecule has 13 N–H and O–H groups in total. The quantitative estimate of drug-likeness (QED) is 0.0276. The van der Waals surface area contributed by atoms with E-state index in [9.17, 15) is 58.5 Å². The van der Waals surface area contributed by atoms with Gasteiger partial charge in [-0.2, -0.15) is 0 Å². The van der Waals surface area contributed by atoms with E-state index in [1.165, 1.54) is 33.0 Å². The minimum absolute atomic E-state index is 0.0143. The molecule has 7 amide bonds. The van der Waals surface area contributed by atoms with Gasteiger partial charge in [0.15, 0.2) is 5.96 Å². The van der Waals surface area contributed by atoms with Crippen molar-refractivity contribution >= 4 is 59.2 Å². The molecule has 1 heterocycles. The Hall–Kier alpha value is -7.40. The Morgan fingerprint density at radius 1 is 0.865 bits per heavy atom. The number of aliphatic hydroxyl groups excluding tert-OH is 1. The average Bonchev–Trinajstić information content (AvgIpc) is 3.35. The highest BCUT2D eigenvalue weighted by molar-refractivity contribution is 6.00. The second-order valence-corrected chi connectivity index (χ2v) is 18.7. The van der Waals surface area contributed by atoms with E-state index in [1.54, 1.807) is 26.2 Å². The Kier molecular flexibility index (Phi) is 24.7. The van der Waals surface area contributed by atoms with Crippen molar-refractivity contribution in [3.63, 3.8) is 0 Å². The summed E-state index contributed by atoms with van der Waals surface area (Å²) in [5.41, 5.74) is 12.3. The molecule has 0 radical (unpaired) electrons. The molecule has 1 saturated heterocycles. The Balaban J connectivity index is 2.10. The van der Waals surface area contributed by atoms with Crippen molar-refractivity contribution < 1.29 is 63.2 Å². The number of rotatable bonds is 15. The van der Waals surface area contributed by atoms with Crippen LogP contribution in [0.4, 0.5) is 0 Å². The molecule has 0 bridgehead atoms. The second-order valence-electron chi connectivity index (χ2n) is 18.7. The molecule has 0 spiro atoms. The van der Waals surface area contributed by atoms with Gasteiger partial charge in [-0.1, -0.05) is 86.7 Å². The van der Waals surface area contributed by atoms with Crippen molar-refractivity contribution in [3.8, 4) is 0 Å². The topological polar surface area (TPSA) is 363 Å². The highest BCUT2D eigenvalue weighted by Crippen LogP contribution is 2.23. The fraction of sp³-hybridized carbons (Fsp3) is 0.529. The van der Waals surface area contributed by atoms with Gasteiger partial charge in [0.25, 0.3) is 5.91 Å². The van der Waals surface area contributed by atoms with Crippen LogP contribution in [0, 0.1) is 17.8 Å². The van der Waals surface area contributed by atoms with Gasteiger partial charge < -0.3 is 68.3 Å². The van der Waals surface area contributed by atoms with Crippen LogP contribution in [0.3, 0.4) is 0 Å². The molecule has 23 heteroatoms. The van der Waals surface area contributed by atoms with Crippen molar-refractivity contribution in [1.29, 1.82) is 0 Å². The first-order valence-electron chi connectivity index (χ1n) is 24.5. The number of aliphatic hydroxyl groups is 1. The van der Waals surface area contributed by atoms with Crippen LogP contribution < -0.4 is 43.4 Å². The molecule has 1 fully saturated rings. The predicted octanol–water partition coefficient (Wildman–Crippen LogP) is 0.0435. The number of ether oxygens (including phenoxy) is 1. The average molecular weight is 1040 g/mol. The fourth-order valence-corrected chi connectivity index (χ4v) is 8.15. The molecule has 1 aliphatic carbocycles. The number of benzene rings is 1. The molecule has 2 aliphatic rings. The number of likely N-dealkylation sites (N-methyl/N-ethyl adjacent to an activating group) is 1. The molecule has 406 valence electrons. The highest BCUT2D eigenvalue weighted by atomic mass is 16.5. The molecule has 1 aliphatic heterocycles. The minimum Gasteiger partial charge on any atom is -0.480 e. The van der Waals surface area contributed by atoms with Gasteiger partial charge in [-0.3, -0.25) is 38.6 Å². The standard InChI is InChI=1S/C51H74N10O13/c1-28(24-29(2)41(74-7)26-33-12-9-8-10-13-33)15-20-36-30(3)44(65)58-38(49(70)71)21-22-43(64)61(6)32(5)46(67)55-31(4)45(66)59-39(25-34-16-18-35(62)19-17-34)48(69)60-40(50(72)73)27-42(63)56-37(47(68)57-36)14-11-23-54-51(52)53/h8-10,12-13,15-16,18,20,24,29-31,34-41,62H,5,11,14,17,19,21-23,25-27H2,1-4,6-7H3,(H,55,67)(H,56,63)(H,57,68)(H,58,65)(H,59,66)(H,60,69)(H,70,71)(H,72,73)(H4,52,53,54)/b20-15+,28-24+/t29-,30-,31+,34-,35-,36-,37-,38+,39-,40+,41-/m0/s1. The third-order valence-corrected chi connectivity index (χ3v) is 12.8. The highest BCUT2D eigenvalue weighted by Gasteiger charge is 2.35. The van der Waals surface area contributed by atoms with Gasteiger partial charge in [-0.15, -0.1) is 0 Å². The number of nitrogens with two attached hydrogens (primary N) is 2. The largest absolute Gasteiger partial charge is 0.480 e. The summed E-state index contributed by atoms with van der Waals surface area (Å²) in [5, 5.41) is 45.4. The lowest BCUT2D eigenvalue weighted by atomic mass is 9.88. The number of hydrogen-bond donors (Lipinski definition) is 11. The smallest absolute Gasteiger partial charge is 0.326 e. The molecule has 0 aromatic heterocycles. The first-order chi connectivity index (χ1) is 34.9. The van der Waals surface area contributed by atoms with Gasteiger partial charge >= 0.3 is 11.9 Å². The molecule has 1 aromatic rings. The molecule has 11 atom stereocenters. The molecule has 3 rings (SSSR count). The number of guanidine groups is 1. The summed E-state index contributed by atoms with van der Waals surface area (Å²) in [6.45, 7) is 10.1. The van der Waals surface area contributed by atoms with Crippen molar-refractivity contribution in [3.05, 3.63) is 84.1 Å². The maximum atomic E-state index is 14.3. The summed E-state index contributed by atoms with van der Waals surface area (Å²) < 4.78 is 5.81. The third-order valence-electron chi connectivity index (χ3n) is 12.8. The van der Waals surface area contributed by atoms with Gasteiger partial charge in [0, 0.05) is 33.0 Å². The number of carboxylic acids is 2. The van der Waals surface area contributed by atoms with E-state index in [0.717, 1.165) is 10.5 Å². The predicted molar refractivity (Wildman–Crippen MR) is 273 cm³/mol. The van der Waals surface area contributed by atoms with Crippen molar-refractivity contribution in [2.75, 3.05) is 20.7 Å². The normalized spacial score (nSPS) is 26.7. The molecule has 0 saturated carbocycles. The number of carbonyl (C=O) groups is 9. The molecule has 74 heavy (non-hydrogen) atoms. The summed E-state index contributed by atoms with van der Waals surface area (Å²) in [4.78, 5) is 126. The zero-order chi connectivity index (χ0) is 55.2. The van der Waals surface area contributed by atoms with Crippen molar-refractivity contribution in [2.45, 2.75) is 134 Å². The number of nitrogens with one attached hydrogen (secondary N) is 6. The fourth-order valence-electron chi connectivity index (χ4n) is 8.15. The van der Waals surface area contributed by atoms with Crippen LogP contribution in [0.25, 0.3) is 0 Å². The van der Waals surface area contributed by atoms with Crippen molar-refractivity contribution in [1.82, 2.24) is 36.8 Å². The zero-order valence-corrected chi connectivity index (χ0v) is 42.9. The van der Waals surface area contributed by atoms with E-state index in [-0.39, 0.29) is 49.7 Å². The summed E-state index contributed by atoms with van der Waals surface area (Å²) in [6.07, 6.45) is 6.75. The van der Waals surface area contributed by atoms with Gasteiger partial charge in [0.1, 0.15) is 35.9 Å². The number of methoxy groups -OCH3 is 1. The first-order valence-corrected chi connectivity index (χ1v) is 24.5. The van der Waals surface area contributed by atoms with Crippen LogP contribution in [0.2, 0.25) is 0 Å². The van der Waals surface area contributed by atoms with E-state index < -0.39 is 127 Å². The van der Waals surface area contributed by atoms with E-state index in [2.05, 4.69) is 43.5 Å². The number of carbonyl (C=O) groups excluding carboxylic acids is 7. The van der Waals surface area contributed by atoms with Crippen LogP contribution in [0.1, 0.15) is 84.6 Å². The lowest BCUT2D eigenvalue weighted by Crippen LogP contribution is -2.57. The maximum absolute atomic E-state index is 14.3. The number of amides is 7. The van der Waals surface area contributed by atoms with Gasteiger partial charge in [0.05, 0.1) is 30.6 Å². The van der Waals surface area contributed by atoms with Crippen LogP contribution in [0.15, 0.2) is 83.6 Å². The monoisotopic (exact) mass is 1030 g/mol. The summed E-state index contributed by atoms with van der Waals surface area (Å²) in [5.74, 6) is -11.4. The number of carboxylic acid groups (broad SMARTS) is 2. The molecule has 0 unspecified atom stereocenters. The zero-order valence-electron chi connectivity index (χ0n) is 42.9. The van der Waals surface area contributed by atoms with E-state index in [4.69, 9.17) is 16.2 Å². The van der Waals surface area contributed by atoms with Crippen LogP contribution in [0.5, 0.6) is 0 Å². The number of hydrogen-bond acceptors (Lipinski definition) is 12. The van der Waals surface area contributed by atoms with Crippen LogP contribution in [-0.2, 0) is 54.3 Å². The molecular formula is C51H74N10O13. The van der Waals surface area contributed by atoms with E-state index in [0.29, 0.717) is 24.8 Å². The summed E-state index contributed by atoms with van der Waals surface area (Å²) in [6, 6.07) is 0.802. The Morgan fingerprint density at radius 3 is 2.12 bits per heavy atom.